The molecule has 0 spiro atoms. The van der Waals surface area contributed by atoms with Gasteiger partial charge in [-0.1, -0.05) is 13.0 Å². The van der Waals surface area contributed by atoms with Crippen molar-refractivity contribution in [1.82, 2.24) is 9.55 Å². The first-order valence-electron chi connectivity index (χ1n) is 5.71. The van der Waals surface area contributed by atoms with Gasteiger partial charge in [-0.05, 0) is 24.6 Å². The van der Waals surface area contributed by atoms with E-state index in [4.69, 9.17) is 5.73 Å². The summed E-state index contributed by atoms with van der Waals surface area (Å²) < 4.78 is 15.8. The van der Waals surface area contributed by atoms with Gasteiger partial charge in [0.15, 0.2) is 0 Å². The van der Waals surface area contributed by atoms with Crippen molar-refractivity contribution >= 4 is 0 Å². The Morgan fingerprint density at radius 2 is 2.24 bits per heavy atom. The molecule has 0 radical (unpaired) electrons. The number of aryl methyl sites for hydroxylation is 1. The third kappa shape index (κ3) is 2.22. The minimum atomic E-state index is -0.271. The molecule has 0 fully saturated rings. The maximum Gasteiger partial charge on any atom is 0.147 e. The average Bonchev–Trinajstić information content (AvgIpc) is 2.76. The van der Waals surface area contributed by atoms with Gasteiger partial charge >= 0.3 is 0 Å². The summed E-state index contributed by atoms with van der Waals surface area (Å²) >= 11 is 0. The average molecular weight is 233 g/mol. The van der Waals surface area contributed by atoms with Gasteiger partial charge in [-0.3, -0.25) is 0 Å². The van der Waals surface area contributed by atoms with Gasteiger partial charge in [-0.15, -0.1) is 0 Å². The van der Waals surface area contributed by atoms with E-state index in [9.17, 15) is 4.39 Å². The second kappa shape index (κ2) is 4.67. The summed E-state index contributed by atoms with van der Waals surface area (Å²) in [7, 11) is 0. The van der Waals surface area contributed by atoms with Crippen LogP contribution < -0.4 is 5.73 Å². The van der Waals surface area contributed by atoms with Crippen LogP contribution in [0.5, 0.6) is 0 Å². The van der Waals surface area contributed by atoms with Crippen LogP contribution in [0.4, 0.5) is 4.39 Å². The Labute approximate surface area is 100 Å². The minimum Gasteiger partial charge on any atom is -0.324 e. The second-order valence-corrected chi connectivity index (χ2v) is 4.07. The van der Waals surface area contributed by atoms with Gasteiger partial charge in [-0.2, -0.15) is 0 Å². The number of halogens is 1. The molecule has 0 saturated heterocycles. The Morgan fingerprint density at radius 3 is 2.82 bits per heavy atom. The number of aromatic nitrogens is 2. The molecule has 2 N–H and O–H groups in total. The van der Waals surface area contributed by atoms with Crippen LogP contribution in [0.3, 0.4) is 0 Å². The number of benzene rings is 1. The fourth-order valence-electron chi connectivity index (χ4n) is 1.82. The van der Waals surface area contributed by atoms with Crippen molar-refractivity contribution < 1.29 is 4.39 Å². The Hall–Kier alpha value is -1.68. The normalized spacial score (nSPS) is 12.7. The second-order valence-electron chi connectivity index (χ2n) is 4.07. The standard InChI is InChI=1S/C13H16FN3/c1-3-13-16-6-7-17(13)12-5-4-10(9(2)15)8-11(12)14/h4-9H,3,15H2,1-2H3. The van der Waals surface area contributed by atoms with Crippen molar-refractivity contribution in [3.05, 3.63) is 47.8 Å². The first-order chi connectivity index (χ1) is 8.13. The van der Waals surface area contributed by atoms with E-state index in [1.54, 1.807) is 23.0 Å². The molecule has 0 amide bonds. The van der Waals surface area contributed by atoms with E-state index in [0.29, 0.717) is 5.69 Å². The van der Waals surface area contributed by atoms with E-state index in [0.717, 1.165) is 17.8 Å². The molecular formula is C13H16FN3. The molecule has 0 aliphatic heterocycles. The van der Waals surface area contributed by atoms with Crippen molar-refractivity contribution in [2.75, 3.05) is 0 Å². The minimum absolute atomic E-state index is 0.160. The molecule has 2 aromatic rings. The van der Waals surface area contributed by atoms with E-state index in [-0.39, 0.29) is 11.9 Å². The van der Waals surface area contributed by atoms with Gasteiger partial charge in [0.2, 0.25) is 0 Å². The van der Waals surface area contributed by atoms with Crippen molar-refractivity contribution in [1.29, 1.82) is 0 Å². The van der Waals surface area contributed by atoms with Gasteiger partial charge < -0.3 is 10.3 Å². The highest BCUT2D eigenvalue weighted by Gasteiger charge is 2.10. The molecule has 1 unspecified atom stereocenters. The monoisotopic (exact) mass is 233 g/mol. The van der Waals surface area contributed by atoms with Crippen LogP contribution in [0.15, 0.2) is 30.6 Å². The summed E-state index contributed by atoms with van der Waals surface area (Å²) in [5.74, 6) is 0.574. The van der Waals surface area contributed by atoms with Crippen molar-refractivity contribution in [3.63, 3.8) is 0 Å². The maximum absolute atomic E-state index is 14.0. The first-order valence-corrected chi connectivity index (χ1v) is 5.71. The molecule has 1 heterocycles. The number of hydrogen-bond donors (Lipinski definition) is 1. The lowest BCUT2D eigenvalue weighted by Crippen LogP contribution is -2.07. The zero-order valence-electron chi connectivity index (χ0n) is 10.0. The van der Waals surface area contributed by atoms with E-state index >= 15 is 0 Å². The van der Waals surface area contributed by atoms with Crippen molar-refractivity contribution in [2.45, 2.75) is 26.3 Å². The lowest BCUT2D eigenvalue weighted by atomic mass is 10.1. The van der Waals surface area contributed by atoms with E-state index in [2.05, 4.69) is 4.98 Å². The highest BCUT2D eigenvalue weighted by atomic mass is 19.1. The van der Waals surface area contributed by atoms with Gasteiger partial charge in [-0.25, -0.2) is 9.37 Å². The SMILES string of the molecule is CCc1nccn1-c1ccc(C(C)N)cc1F. The van der Waals surface area contributed by atoms with Crippen LogP contribution in [0.2, 0.25) is 0 Å². The summed E-state index contributed by atoms with van der Waals surface area (Å²) in [5.41, 5.74) is 7.03. The zero-order chi connectivity index (χ0) is 12.4. The third-order valence-corrected chi connectivity index (χ3v) is 2.79. The lowest BCUT2D eigenvalue weighted by Gasteiger charge is -2.11. The van der Waals surface area contributed by atoms with Crippen LogP contribution >= 0.6 is 0 Å². The highest BCUT2D eigenvalue weighted by molar-refractivity contribution is 5.38. The molecule has 0 bridgehead atoms. The van der Waals surface area contributed by atoms with Crippen molar-refractivity contribution in [2.24, 2.45) is 5.73 Å². The smallest absolute Gasteiger partial charge is 0.147 e. The fourth-order valence-corrected chi connectivity index (χ4v) is 1.82. The summed E-state index contributed by atoms with van der Waals surface area (Å²) in [6.07, 6.45) is 4.21. The molecule has 2 rings (SSSR count). The van der Waals surface area contributed by atoms with E-state index < -0.39 is 0 Å². The predicted molar refractivity (Wildman–Crippen MR) is 65.5 cm³/mol. The fraction of sp³-hybridized carbons (Fsp3) is 0.308. The van der Waals surface area contributed by atoms with Gasteiger partial charge in [0, 0.05) is 24.9 Å². The third-order valence-electron chi connectivity index (χ3n) is 2.79. The van der Waals surface area contributed by atoms with Crippen LogP contribution in [0.1, 0.15) is 31.3 Å². The van der Waals surface area contributed by atoms with Crippen LogP contribution in [0.25, 0.3) is 5.69 Å². The first kappa shape index (κ1) is 11.8. The molecule has 1 aromatic carbocycles. The highest BCUT2D eigenvalue weighted by Crippen LogP contribution is 2.19. The van der Waals surface area contributed by atoms with Gasteiger partial charge in [0.05, 0.1) is 5.69 Å². The molecule has 4 heteroatoms. The number of imidazole rings is 1. The molecule has 1 atom stereocenters. The molecular weight excluding hydrogens is 217 g/mol. The predicted octanol–water partition coefficient (Wildman–Crippen LogP) is 2.59. The summed E-state index contributed by atoms with van der Waals surface area (Å²) in [4.78, 5) is 4.18. The molecule has 3 nitrogen and oxygen atoms in total. The Morgan fingerprint density at radius 1 is 1.47 bits per heavy atom. The molecule has 0 saturated carbocycles. The maximum atomic E-state index is 14.0. The molecule has 1 aromatic heterocycles. The Balaban J connectivity index is 2.47. The number of nitrogens with zero attached hydrogens (tertiary/aromatic N) is 2. The summed E-state index contributed by atoms with van der Waals surface area (Å²) in [6, 6.07) is 4.92. The largest absolute Gasteiger partial charge is 0.324 e. The van der Waals surface area contributed by atoms with Crippen LogP contribution in [0, 0.1) is 5.82 Å². The lowest BCUT2D eigenvalue weighted by molar-refractivity contribution is 0.610. The quantitative estimate of drug-likeness (QED) is 0.885. The summed E-state index contributed by atoms with van der Waals surface area (Å²) in [5, 5.41) is 0. The Bertz CT molecular complexity index is 517. The molecule has 0 aliphatic rings. The molecule has 0 aliphatic carbocycles. The van der Waals surface area contributed by atoms with Gasteiger partial charge in [0.1, 0.15) is 11.6 Å². The zero-order valence-corrected chi connectivity index (χ0v) is 10.0. The molecule has 90 valence electrons. The van der Waals surface area contributed by atoms with Crippen molar-refractivity contribution in [3.8, 4) is 5.69 Å². The topological polar surface area (TPSA) is 43.8 Å². The van der Waals surface area contributed by atoms with E-state index in [1.165, 1.54) is 6.07 Å². The number of nitrogens with two attached hydrogens (primary N) is 1. The van der Waals surface area contributed by atoms with Crippen LogP contribution in [-0.4, -0.2) is 9.55 Å². The molecule has 17 heavy (non-hydrogen) atoms. The van der Waals surface area contributed by atoms with Crippen LogP contribution in [-0.2, 0) is 6.42 Å². The summed E-state index contributed by atoms with van der Waals surface area (Å²) in [6.45, 7) is 3.83. The van der Waals surface area contributed by atoms with E-state index in [1.807, 2.05) is 19.9 Å². The Kier molecular flexibility index (Phi) is 3.24. The van der Waals surface area contributed by atoms with Gasteiger partial charge in [0.25, 0.3) is 0 Å². The number of hydrogen-bond acceptors (Lipinski definition) is 2. The number of rotatable bonds is 3.